The van der Waals surface area contributed by atoms with Crippen LogP contribution in [0.3, 0.4) is 0 Å². The Balaban J connectivity index is 0.000000147. The minimum atomic E-state index is -0.0870. The van der Waals surface area contributed by atoms with Crippen LogP contribution in [-0.4, -0.2) is 33.6 Å². The number of aliphatic hydroxyl groups is 3. The molecule has 0 bridgehead atoms. The molecule has 12 aliphatic rings. The Morgan fingerprint density at radius 2 is 0.764 bits per heavy atom. The maximum absolute atomic E-state index is 10.2. The van der Waals surface area contributed by atoms with E-state index in [0.29, 0.717) is 38.4 Å². The molecule has 27 atom stereocenters. The zero-order valence-corrected chi connectivity index (χ0v) is 61.8. The molecule has 0 aromatic rings. The third kappa shape index (κ3) is 13.4. The lowest BCUT2D eigenvalue weighted by atomic mass is 9.47. The Bertz CT molecular complexity index is 2460. The predicted molar refractivity (Wildman–Crippen MR) is 380 cm³/mol. The Labute approximate surface area is 551 Å². The fourth-order valence-electron chi connectivity index (χ4n) is 26.8. The highest BCUT2D eigenvalue weighted by Crippen LogP contribution is 2.71. The van der Waals surface area contributed by atoms with E-state index >= 15 is 0 Å². The van der Waals surface area contributed by atoms with Gasteiger partial charge in [-0.05, 0) is 324 Å². The highest BCUT2D eigenvalue weighted by atomic mass is 16.3. The van der Waals surface area contributed by atoms with Crippen LogP contribution in [0.2, 0.25) is 0 Å². The molecule has 12 aliphatic carbocycles. The van der Waals surface area contributed by atoms with E-state index in [1.807, 2.05) is 0 Å². The number of aliphatic hydroxyl groups excluding tert-OH is 3. The first-order valence-electron chi connectivity index (χ1n) is 39.9. The first kappa shape index (κ1) is 70.6. The van der Waals surface area contributed by atoms with Crippen LogP contribution >= 0.6 is 0 Å². The Hall–Kier alpha value is -1.16. The molecular formula is C86H146O3. The molecule has 3 heteroatoms. The van der Waals surface area contributed by atoms with Crippen molar-refractivity contribution < 1.29 is 15.3 Å². The molecule has 0 radical (unpaired) electrons. The van der Waals surface area contributed by atoms with Gasteiger partial charge in [-0.25, -0.2) is 0 Å². The van der Waals surface area contributed by atoms with Crippen LogP contribution in [0.5, 0.6) is 0 Å². The lowest BCUT2D eigenvalue weighted by molar-refractivity contribution is -0.0575. The topological polar surface area (TPSA) is 60.7 Å². The molecule has 0 aromatic heterocycles. The van der Waals surface area contributed by atoms with Gasteiger partial charge in [0.15, 0.2) is 0 Å². The Morgan fingerprint density at radius 3 is 1.11 bits per heavy atom. The summed E-state index contributed by atoms with van der Waals surface area (Å²) in [6.07, 6.45) is 51.9. The van der Waals surface area contributed by atoms with Crippen LogP contribution in [0.1, 0.15) is 317 Å². The molecule has 0 unspecified atom stereocenters. The monoisotopic (exact) mass is 1230 g/mol. The molecule has 12 rings (SSSR count). The van der Waals surface area contributed by atoms with Crippen molar-refractivity contribution in [2.24, 2.45) is 157 Å². The summed E-state index contributed by atoms with van der Waals surface area (Å²) < 4.78 is 0. The van der Waals surface area contributed by atoms with Crippen molar-refractivity contribution in [3.63, 3.8) is 0 Å². The van der Waals surface area contributed by atoms with E-state index in [2.05, 4.69) is 155 Å². The van der Waals surface area contributed by atoms with Crippen LogP contribution in [0.25, 0.3) is 0 Å². The van der Waals surface area contributed by atoms with Gasteiger partial charge in [-0.15, -0.1) is 0 Å². The minimum Gasteiger partial charge on any atom is -0.393 e. The van der Waals surface area contributed by atoms with Crippen LogP contribution < -0.4 is 0 Å². The van der Waals surface area contributed by atoms with Crippen molar-refractivity contribution >= 4 is 0 Å². The minimum absolute atomic E-state index is 0.0790. The summed E-state index contributed by atoms with van der Waals surface area (Å²) in [5.74, 6) is 18.2. The van der Waals surface area contributed by atoms with E-state index in [-0.39, 0.29) is 18.3 Å². The van der Waals surface area contributed by atoms with Gasteiger partial charge in [-0.2, -0.15) is 0 Å². The number of hydrogen-bond acceptors (Lipinski definition) is 3. The summed E-state index contributed by atoms with van der Waals surface area (Å²) in [6.45, 7) is 45.0. The second-order valence-electron chi connectivity index (χ2n) is 38.0. The Morgan fingerprint density at radius 1 is 0.393 bits per heavy atom. The van der Waals surface area contributed by atoms with Gasteiger partial charge >= 0.3 is 0 Å². The van der Waals surface area contributed by atoms with Crippen molar-refractivity contribution in [2.45, 2.75) is 336 Å². The van der Waals surface area contributed by atoms with Crippen molar-refractivity contribution in [3.8, 4) is 0 Å². The van der Waals surface area contributed by atoms with Gasteiger partial charge in [0, 0.05) is 0 Å². The molecule has 89 heavy (non-hydrogen) atoms. The highest BCUT2D eigenvalue weighted by molar-refractivity contribution is 5.28. The molecular weight excluding hydrogens is 1080 g/mol. The molecule has 0 aromatic carbocycles. The number of allylic oxidation sites excluding steroid dienone is 5. The van der Waals surface area contributed by atoms with Gasteiger partial charge in [0.05, 0.1) is 18.3 Å². The zero-order valence-electron chi connectivity index (χ0n) is 61.8. The van der Waals surface area contributed by atoms with Crippen LogP contribution in [0.4, 0.5) is 0 Å². The predicted octanol–water partition coefficient (Wildman–Crippen LogP) is 23.5. The van der Waals surface area contributed by atoms with E-state index in [1.54, 1.807) is 16.7 Å². The van der Waals surface area contributed by atoms with Gasteiger partial charge in [-0.3, -0.25) is 0 Å². The summed E-state index contributed by atoms with van der Waals surface area (Å²) in [5.41, 5.74) is 7.68. The van der Waals surface area contributed by atoms with Crippen LogP contribution in [0.15, 0.2) is 47.1 Å². The van der Waals surface area contributed by atoms with E-state index < -0.39 is 0 Å². The second-order valence-corrected chi connectivity index (χ2v) is 38.0. The van der Waals surface area contributed by atoms with E-state index in [9.17, 15) is 15.3 Å². The molecule has 0 saturated heterocycles. The molecule has 0 amide bonds. The van der Waals surface area contributed by atoms with Crippen molar-refractivity contribution in [1.82, 2.24) is 0 Å². The fourth-order valence-corrected chi connectivity index (χ4v) is 26.8. The number of hydrogen-bond donors (Lipinski definition) is 3. The lowest BCUT2D eigenvalue weighted by Crippen LogP contribution is -2.50. The summed E-state index contributed by atoms with van der Waals surface area (Å²) in [4.78, 5) is 0. The summed E-state index contributed by atoms with van der Waals surface area (Å²) in [6, 6.07) is 0. The maximum atomic E-state index is 10.2. The first-order chi connectivity index (χ1) is 42.1. The third-order valence-corrected chi connectivity index (χ3v) is 33.1. The summed E-state index contributed by atoms with van der Waals surface area (Å²) >= 11 is 0. The van der Waals surface area contributed by atoms with Crippen molar-refractivity contribution in [3.05, 3.63) is 47.1 Å². The number of fused-ring (bicyclic) bond motifs is 15. The van der Waals surface area contributed by atoms with Gasteiger partial charge < -0.3 is 15.3 Å². The highest BCUT2D eigenvalue weighted by Gasteiger charge is 2.62. The molecule has 0 aliphatic heterocycles. The second kappa shape index (κ2) is 28.1. The normalized spacial score (nSPS) is 45.8. The van der Waals surface area contributed by atoms with Crippen molar-refractivity contribution in [1.29, 1.82) is 0 Å². The Kier molecular flexibility index (Phi) is 22.3. The van der Waals surface area contributed by atoms with E-state index in [0.717, 1.165) is 157 Å². The molecule has 3 nitrogen and oxygen atoms in total. The zero-order chi connectivity index (χ0) is 64.3. The van der Waals surface area contributed by atoms with Crippen molar-refractivity contribution in [2.75, 3.05) is 0 Å². The van der Waals surface area contributed by atoms with Crippen LogP contribution in [-0.2, 0) is 0 Å². The fraction of sp³-hybridized carbons (Fsp3) is 0.907. The summed E-state index contributed by atoms with van der Waals surface area (Å²) in [7, 11) is 0. The average molecular weight is 1230 g/mol. The van der Waals surface area contributed by atoms with Gasteiger partial charge in [0.1, 0.15) is 0 Å². The molecule has 0 heterocycles. The molecule has 0 spiro atoms. The first-order valence-corrected chi connectivity index (χ1v) is 39.9. The van der Waals surface area contributed by atoms with Crippen LogP contribution in [0, 0.1) is 157 Å². The molecule has 9 fully saturated rings. The SMILES string of the molecule is CC(C)[C@H](C)CC[C@@H](C)[C@H]1CC[C@H]2[C@@H]3CC=C4C[C@@H](O)CC[C@]4(C)[C@H]3CC[C@]12C.CC[C@@H](/C=C/[C@@H](C)[C@H]1CC[C@H]2[C@@H]3CC=C4C[C@@H](O)CC[C@]4(C)[C@H]3CC[C@]12C)C(C)C.CC[C@@H](CC[C@@H](C)[C@H]1CC[C@H]2[C@@H]3CC=C4C[C@@H](O)CC[C@]4(C)[C@H]3CC[C@]12C)C(C)C. The molecule has 3 N–H and O–H groups in total. The van der Waals surface area contributed by atoms with Gasteiger partial charge in [-0.1, -0.05) is 197 Å². The standard InChI is InChI=1S/C29H50O.C29H48O.C28H48O/c2*1-7-21(19(2)3)9-8-20(4)25-12-13-26-24-11-10-22-18-23(30)14-16-28(22,5)27(24)15-17-29(25,26)6;1-18(2)19(3)7-8-20(4)24-11-12-25-23-10-9-21-17-22(29)13-15-27(21,5)26(23)14-16-28(24,25)6/h10,19-21,23-27,30H,7-9,11-18H2,1-6H3;8-10,19-21,23-27,30H,7,11-18H2,1-6H3;9,18-20,22-26,29H,7-8,10-17H2,1-6H3/b;9-8+;/t2*20-,21+,23+,24+,25-,26+,27+,28+,29-;19-,20-,22+,23+,24-,25+,26+,27+,28-/m111/s1. The largest absolute Gasteiger partial charge is 0.393 e. The maximum Gasteiger partial charge on any atom is 0.0577 e. The van der Waals surface area contributed by atoms with Gasteiger partial charge in [0.2, 0.25) is 0 Å². The van der Waals surface area contributed by atoms with Gasteiger partial charge in [0.25, 0.3) is 0 Å². The van der Waals surface area contributed by atoms with E-state index in [1.165, 1.54) is 154 Å². The molecule has 9 saturated carbocycles. The quantitative estimate of drug-likeness (QED) is 0.135. The third-order valence-electron chi connectivity index (χ3n) is 33.1. The smallest absolute Gasteiger partial charge is 0.0577 e. The number of rotatable bonds is 16. The summed E-state index contributed by atoms with van der Waals surface area (Å²) in [5, 5.41) is 30.7. The molecule has 508 valence electrons. The lowest BCUT2D eigenvalue weighted by Gasteiger charge is -2.58. The average Bonchev–Trinajstić information content (AvgIpc) is 1.73. The van der Waals surface area contributed by atoms with E-state index in [4.69, 9.17) is 0 Å².